The zero-order chi connectivity index (χ0) is 20.7. The second-order valence-electron chi connectivity index (χ2n) is 6.34. The normalized spacial score (nSPS) is 10.8. The Hall–Kier alpha value is -2.38. The monoisotopic (exact) mass is 407 g/mol. The second kappa shape index (κ2) is 10.2. The Kier molecular flexibility index (Phi) is 8.02. The molecule has 0 bridgehead atoms. The topological polar surface area (TPSA) is 73.7 Å². The fourth-order valence-corrected chi connectivity index (χ4v) is 3.04. The highest BCUT2D eigenvalue weighted by Crippen LogP contribution is 2.20. The summed E-state index contributed by atoms with van der Waals surface area (Å²) in [5.74, 6) is -0.160. The molecule has 0 aliphatic heterocycles. The number of aryl methyl sites for hydroxylation is 2. The third-order valence-electron chi connectivity index (χ3n) is 4.27. The smallest absolute Gasteiger partial charge is 0.280 e. The van der Waals surface area contributed by atoms with E-state index in [-0.39, 0.29) is 29.8 Å². The van der Waals surface area contributed by atoms with Crippen LogP contribution in [0, 0.1) is 6.92 Å². The van der Waals surface area contributed by atoms with Gasteiger partial charge in [-0.25, -0.2) is 0 Å². The Morgan fingerprint density at radius 1 is 1.29 bits per heavy atom. The van der Waals surface area contributed by atoms with Crippen LogP contribution in [0.1, 0.15) is 35.5 Å². The van der Waals surface area contributed by atoms with Crippen molar-refractivity contribution in [1.29, 1.82) is 0 Å². The molecular formula is C20H26ClN3O4. The summed E-state index contributed by atoms with van der Waals surface area (Å²) in [6, 6.07) is 5.94. The number of amides is 2. The molecule has 0 saturated carbocycles. The van der Waals surface area contributed by atoms with Crippen LogP contribution in [-0.4, -0.2) is 52.9 Å². The van der Waals surface area contributed by atoms with Gasteiger partial charge in [-0.1, -0.05) is 23.7 Å². The molecule has 0 saturated heterocycles. The minimum absolute atomic E-state index is 0.112. The first-order valence-corrected chi connectivity index (χ1v) is 9.53. The van der Waals surface area contributed by atoms with Gasteiger partial charge in [0.2, 0.25) is 5.91 Å². The number of benzene rings is 1. The summed E-state index contributed by atoms with van der Waals surface area (Å²) >= 11 is 6.02. The molecule has 7 nitrogen and oxygen atoms in total. The van der Waals surface area contributed by atoms with Crippen LogP contribution >= 0.6 is 11.6 Å². The van der Waals surface area contributed by atoms with Gasteiger partial charge < -0.3 is 9.47 Å². The number of imide groups is 1. The summed E-state index contributed by atoms with van der Waals surface area (Å²) in [4.78, 5) is 25.7. The second-order valence-corrected chi connectivity index (χ2v) is 6.74. The Morgan fingerprint density at radius 2 is 2.04 bits per heavy atom. The molecule has 0 aliphatic rings. The minimum Gasteiger partial charge on any atom is -0.491 e. The number of rotatable bonds is 9. The van der Waals surface area contributed by atoms with E-state index < -0.39 is 5.91 Å². The molecular weight excluding hydrogens is 382 g/mol. The lowest BCUT2D eigenvalue weighted by atomic mass is 10.1. The van der Waals surface area contributed by atoms with Crippen LogP contribution in [0.25, 0.3) is 0 Å². The van der Waals surface area contributed by atoms with Gasteiger partial charge in [-0.05, 0) is 37.5 Å². The largest absolute Gasteiger partial charge is 0.491 e. The van der Waals surface area contributed by atoms with Gasteiger partial charge in [-0.2, -0.15) is 5.10 Å². The highest BCUT2D eigenvalue weighted by Gasteiger charge is 2.25. The zero-order valence-electron chi connectivity index (χ0n) is 16.7. The molecule has 1 aromatic carbocycles. The fraction of sp³-hybridized carbons (Fsp3) is 0.450. The quantitative estimate of drug-likeness (QED) is 0.597. The van der Waals surface area contributed by atoms with Crippen molar-refractivity contribution in [3.8, 4) is 5.75 Å². The van der Waals surface area contributed by atoms with Crippen LogP contribution in [0.5, 0.6) is 5.75 Å². The Morgan fingerprint density at radius 3 is 2.61 bits per heavy atom. The van der Waals surface area contributed by atoms with Gasteiger partial charge in [0, 0.05) is 20.6 Å². The van der Waals surface area contributed by atoms with E-state index >= 15 is 0 Å². The summed E-state index contributed by atoms with van der Waals surface area (Å²) in [6.45, 7) is 6.95. The van der Waals surface area contributed by atoms with Crippen LogP contribution < -0.4 is 4.74 Å². The van der Waals surface area contributed by atoms with Crippen molar-refractivity contribution in [2.45, 2.75) is 27.2 Å². The van der Waals surface area contributed by atoms with Crippen LogP contribution in [0.3, 0.4) is 0 Å². The highest BCUT2D eigenvalue weighted by atomic mass is 35.5. The van der Waals surface area contributed by atoms with Crippen molar-refractivity contribution in [3.05, 3.63) is 46.2 Å². The van der Waals surface area contributed by atoms with Gasteiger partial charge in [-0.3, -0.25) is 19.2 Å². The zero-order valence-corrected chi connectivity index (χ0v) is 17.5. The predicted octanol–water partition coefficient (Wildman–Crippen LogP) is 3.03. The van der Waals surface area contributed by atoms with E-state index in [1.54, 1.807) is 7.05 Å². The van der Waals surface area contributed by atoms with Crippen molar-refractivity contribution in [3.63, 3.8) is 0 Å². The number of aromatic nitrogens is 2. The summed E-state index contributed by atoms with van der Waals surface area (Å²) in [5, 5.41) is 4.15. The SMILES string of the molecule is CCOCCc1ccc(OCCN(C(C)=O)C(=O)c2c(Cl)cnn2C)c(C)c1. The lowest BCUT2D eigenvalue weighted by molar-refractivity contribution is -0.126. The van der Waals surface area contributed by atoms with E-state index in [2.05, 4.69) is 11.2 Å². The van der Waals surface area contributed by atoms with E-state index in [4.69, 9.17) is 21.1 Å². The van der Waals surface area contributed by atoms with E-state index in [0.717, 1.165) is 22.6 Å². The molecule has 28 heavy (non-hydrogen) atoms. The fourth-order valence-electron chi connectivity index (χ4n) is 2.79. The third-order valence-corrected chi connectivity index (χ3v) is 4.55. The van der Waals surface area contributed by atoms with E-state index in [1.807, 2.05) is 26.0 Å². The minimum atomic E-state index is -0.496. The number of halogens is 1. The van der Waals surface area contributed by atoms with Crippen molar-refractivity contribution in [1.82, 2.24) is 14.7 Å². The number of ether oxygens (including phenoxy) is 2. The van der Waals surface area contributed by atoms with E-state index in [9.17, 15) is 9.59 Å². The molecule has 152 valence electrons. The van der Waals surface area contributed by atoms with Crippen molar-refractivity contribution in [2.75, 3.05) is 26.4 Å². The standard InChI is InChI=1S/C20H26ClN3O4/c1-5-27-10-8-16-6-7-18(14(2)12-16)28-11-9-24(15(3)25)20(26)19-17(21)13-22-23(19)4/h6-7,12-13H,5,8-11H2,1-4H3. The lowest BCUT2D eigenvalue weighted by Gasteiger charge is -2.20. The number of hydrogen-bond acceptors (Lipinski definition) is 5. The lowest BCUT2D eigenvalue weighted by Crippen LogP contribution is -2.39. The van der Waals surface area contributed by atoms with Crippen LogP contribution in [0.4, 0.5) is 0 Å². The third kappa shape index (κ3) is 5.56. The number of nitrogens with zero attached hydrogens (tertiary/aromatic N) is 3. The van der Waals surface area contributed by atoms with Gasteiger partial charge in [0.15, 0.2) is 0 Å². The average Bonchev–Trinajstić information content (AvgIpc) is 2.98. The molecule has 2 rings (SSSR count). The van der Waals surface area contributed by atoms with Gasteiger partial charge in [0.1, 0.15) is 18.1 Å². The first kappa shape index (κ1) is 21.9. The molecule has 2 aromatic rings. The molecule has 0 N–H and O–H groups in total. The Balaban J connectivity index is 1.98. The summed E-state index contributed by atoms with van der Waals surface area (Å²) < 4.78 is 12.5. The predicted molar refractivity (Wildman–Crippen MR) is 107 cm³/mol. The number of carbonyl (C=O) groups is 2. The van der Waals surface area contributed by atoms with Gasteiger partial charge in [0.25, 0.3) is 5.91 Å². The first-order chi connectivity index (χ1) is 13.3. The maximum atomic E-state index is 12.7. The highest BCUT2D eigenvalue weighted by molar-refractivity contribution is 6.33. The molecule has 1 heterocycles. The molecule has 0 unspecified atom stereocenters. The van der Waals surface area contributed by atoms with Crippen molar-refractivity contribution in [2.24, 2.45) is 7.05 Å². The summed E-state index contributed by atoms with van der Waals surface area (Å²) in [7, 11) is 1.60. The Bertz CT molecular complexity index is 815. The summed E-state index contributed by atoms with van der Waals surface area (Å²) in [6.07, 6.45) is 2.22. The molecule has 0 radical (unpaired) electrons. The molecule has 0 spiro atoms. The van der Waals surface area contributed by atoms with Gasteiger partial charge in [0.05, 0.1) is 24.4 Å². The van der Waals surface area contributed by atoms with E-state index in [1.165, 1.54) is 23.4 Å². The number of carbonyl (C=O) groups excluding carboxylic acids is 2. The molecule has 1 aromatic heterocycles. The number of hydrogen-bond donors (Lipinski definition) is 0. The molecule has 2 amide bonds. The molecule has 0 aliphatic carbocycles. The average molecular weight is 408 g/mol. The van der Waals surface area contributed by atoms with Crippen LogP contribution in [0.2, 0.25) is 5.02 Å². The maximum Gasteiger partial charge on any atom is 0.280 e. The maximum absolute atomic E-state index is 12.7. The molecule has 0 fully saturated rings. The van der Waals surface area contributed by atoms with Gasteiger partial charge >= 0.3 is 0 Å². The van der Waals surface area contributed by atoms with Crippen molar-refractivity contribution < 1.29 is 19.1 Å². The van der Waals surface area contributed by atoms with Crippen LogP contribution in [0.15, 0.2) is 24.4 Å². The van der Waals surface area contributed by atoms with E-state index in [0.29, 0.717) is 13.2 Å². The Labute approximate surface area is 170 Å². The summed E-state index contributed by atoms with van der Waals surface area (Å²) in [5.41, 5.74) is 2.33. The van der Waals surface area contributed by atoms with Gasteiger partial charge in [-0.15, -0.1) is 0 Å². The van der Waals surface area contributed by atoms with Crippen LogP contribution in [-0.2, 0) is 23.0 Å². The molecule has 8 heteroatoms. The first-order valence-electron chi connectivity index (χ1n) is 9.15. The van der Waals surface area contributed by atoms with Crippen molar-refractivity contribution >= 4 is 23.4 Å². The molecule has 0 atom stereocenters.